The lowest BCUT2D eigenvalue weighted by Gasteiger charge is -2.15. The van der Waals surface area contributed by atoms with Crippen LogP contribution < -0.4 is 0 Å². The number of H-pyrrole nitrogens is 1. The number of amides is 1. The van der Waals surface area contributed by atoms with Crippen LogP contribution >= 0.6 is 0 Å². The number of carbonyl (C=O) groups excluding carboxylic acids is 1. The number of nitrogens with zero attached hydrogens (tertiary/aromatic N) is 3. The van der Waals surface area contributed by atoms with Crippen molar-refractivity contribution >= 4 is 22.5 Å². The van der Waals surface area contributed by atoms with Gasteiger partial charge in [-0.25, -0.2) is 0 Å². The molecule has 1 amide bonds. The van der Waals surface area contributed by atoms with Crippen LogP contribution in [0.1, 0.15) is 16.2 Å². The summed E-state index contributed by atoms with van der Waals surface area (Å²) >= 11 is 0. The van der Waals surface area contributed by atoms with Crippen LogP contribution in [0.4, 0.5) is 5.69 Å². The minimum Gasteiger partial charge on any atom is -0.345 e. The molecule has 0 fully saturated rings. The number of nitro benzene ring substituents is 1. The van der Waals surface area contributed by atoms with Crippen LogP contribution in [0.2, 0.25) is 0 Å². The van der Waals surface area contributed by atoms with Gasteiger partial charge in [-0.3, -0.25) is 19.9 Å². The molecule has 0 aliphatic carbocycles. The molecule has 23 heavy (non-hydrogen) atoms. The Labute approximate surface area is 131 Å². The van der Waals surface area contributed by atoms with E-state index < -0.39 is 4.92 Å². The minimum absolute atomic E-state index is 0.0473. The second-order valence-corrected chi connectivity index (χ2v) is 5.16. The number of non-ortho nitro benzene ring substituents is 1. The summed E-state index contributed by atoms with van der Waals surface area (Å²) in [7, 11) is 1.66. The van der Waals surface area contributed by atoms with Crippen LogP contribution in [0.5, 0.6) is 0 Å². The van der Waals surface area contributed by atoms with E-state index in [0.717, 1.165) is 5.69 Å². The van der Waals surface area contributed by atoms with Crippen molar-refractivity contribution in [3.63, 3.8) is 0 Å². The molecule has 2 aromatic heterocycles. The number of pyridine rings is 1. The van der Waals surface area contributed by atoms with Gasteiger partial charge in [0.05, 0.1) is 17.2 Å². The van der Waals surface area contributed by atoms with Crippen molar-refractivity contribution in [1.82, 2.24) is 14.9 Å². The fraction of sp³-hybridized carbons (Fsp3) is 0.125. The van der Waals surface area contributed by atoms with E-state index in [0.29, 0.717) is 23.1 Å². The Balaban J connectivity index is 1.89. The average Bonchev–Trinajstić information content (AvgIpc) is 2.98. The number of nitro groups is 1. The molecule has 1 N–H and O–H groups in total. The van der Waals surface area contributed by atoms with Crippen LogP contribution in [0.3, 0.4) is 0 Å². The Morgan fingerprint density at radius 2 is 2.13 bits per heavy atom. The van der Waals surface area contributed by atoms with Crippen molar-refractivity contribution in [2.45, 2.75) is 6.54 Å². The van der Waals surface area contributed by atoms with Gasteiger partial charge in [-0.2, -0.15) is 0 Å². The molecular weight excluding hydrogens is 296 g/mol. The third-order valence-corrected chi connectivity index (χ3v) is 3.53. The number of fused-ring (bicyclic) bond motifs is 1. The molecule has 0 bridgehead atoms. The fourth-order valence-electron chi connectivity index (χ4n) is 2.42. The van der Waals surface area contributed by atoms with E-state index in [1.165, 1.54) is 11.0 Å². The van der Waals surface area contributed by atoms with Crippen molar-refractivity contribution in [1.29, 1.82) is 0 Å². The van der Waals surface area contributed by atoms with Crippen molar-refractivity contribution in [2.75, 3.05) is 7.05 Å². The predicted molar refractivity (Wildman–Crippen MR) is 85.0 cm³/mol. The lowest BCUT2D eigenvalue weighted by atomic mass is 10.2. The first-order valence-corrected chi connectivity index (χ1v) is 6.98. The number of nitrogens with one attached hydrogen (secondary N) is 1. The van der Waals surface area contributed by atoms with Gasteiger partial charge in [0.2, 0.25) is 0 Å². The first-order valence-electron chi connectivity index (χ1n) is 6.98. The maximum Gasteiger partial charge on any atom is 0.293 e. The van der Waals surface area contributed by atoms with E-state index in [1.807, 2.05) is 18.2 Å². The molecule has 7 heteroatoms. The molecule has 3 rings (SSSR count). The lowest BCUT2D eigenvalue weighted by molar-refractivity contribution is -0.383. The molecule has 116 valence electrons. The maximum absolute atomic E-state index is 12.5. The summed E-state index contributed by atoms with van der Waals surface area (Å²) in [6, 6.07) is 11.9. The number of para-hydroxylation sites is 1. The summed E-state index contributed by atoms with van der Waals surface area (Å²) in [4.78, 5) is 31.6. The monoisotopic (exact) mass is 310 g/mol. The number of carbonyl (C=O) groups is 1. The lowest BCUT2D eigenvalue weighted by Crippen LogP contribution is -2.26. The quantitative estimate of drug-likeness (QED) is 0.592. The summed E-state index contributed by atoms with van der Waals surface area (Å²) in [5, 5.41) is 11.7. The standard InChI is InChI=1S/C16H14N4O3/c1-19(10-12-6-2-3-8-17-12)16(21)13-9-11-5-4-7-14(20(22)23)15(11)18-13/h2-9,18H,10H2,1H3. The molecule has 0 atom stereocenters. The summed E-state index contributed by atoms with van der Waals surface area (Å²) < 4.78 is 0. The van der Waals surface area contributed by atoms with Gasteiger partial charge >= 0.3 is 0 Å². The van der Waals surface area contributed by atoms with Crippen LogP contribution in [-0.2, 0) is 6.54 Å². The zero-order valence-corrected chi connectivity index (χ0v) is 12.4. The third kappa shape index (κ3) is 2.89. The van der Waals surface area contributed by atoms with Crippen LogP contribution in [0.15, 0.2) is 48.7 Å². The molecule has 0 unspecified atom stereocenters. The van der Waals surface area contributed by atoms with E-state index in [1.54, 1.807) is 31.4 Å². The highest BCUT2D eigenvalue weighted by atomic mass is 16.6. The Bertz CT molecular complexity index is 873. The number of hydrogen-bond acceptors (Lipinski definition) is 4. The second kappa shape index (κ2) is 5.88. The van der Waals surface area contributed by atoms with E-state index in [9.17, 15) is 14.9 Å². The van der Waals surface area contributed by atoms with Gasteiger partial charge in [-0.15, -0.1) is 0 Å². The number of aromatic amines is 1. The zero-order chi connectivity index (χ0) is 16.4. The number of benzene rings is 1. The van der Waals surface area contributed by atoms with Crippen molar-refractivity contribution in [3.05, 3.63) is 70.2 Å². The molecule has 0 saturated carbocycles. The van der Waals surface area contributed by atoms with E-state index in [-0.39, 0.29) is 11.6 Å². The number of rotatable bonds is 4. The fourth-order valence-corrected chi connectivity index (χ4v) is 2.42. The smallest absolute Gasteiger partial charge is 0.293 e. The van der Waals surface area contributed by atoms with Gasteiger partial charge in [-0.05, 0) is 18.2 Å². The summed E-state index contributed by atoms with van der Waals surface area (Å²) in [5.41, 5.74) is 1.39. The largest absolute Gasteiger partial charge is 0.345 e. The summed E-state index contributed by atoms with van der Waals surface area (Å²) in [6.07, 6.45) is 1.67. The summed E-state index contributed by atoms with van der Waals surface area (Å²) in [5.74, 6) is -0.249. The van der Waals surface area contributed by atoms with Crippen LogP contribution in [0, 0.1) is 10.1 Å². The first kappa shape index (κ1) is 14.7. The molecule has 0 aliphatic heterocycles. The minimum atomic E-state index is -0.468. The second-order valence-electron chi connectivity index (χ2n) is 5.16. The van der Waals surface area contributed by atoms with Crippen molar-refractivity contribution in [2.24, 2.45) is 0 Å². The first-order chi connectivity index (χ1) is 11.1. The molecule has 3 aromatic rings. The third-order valence-electron chi connectivity index (χ3n) is 3.53. The molecule has 2 heterocycles. The number of hydrogen-bond donors (Lipinski definition) is 1. The molecule has 0 aliphatic rings. The predicted octanol–water partition coefficient (Wildman–Crippen LogP) is 2.74. The average molecular weight is 310 g/mol. The molecule has 0 saturated heterocycles. The van der Waals surface area contributed by atoms with Gasteiger partial charge < -0.3 is 9.88 Å². The molecule has 7 nitrogen and oxygen atoms in total. The molecule has 0 radical (unpaired) electrons. The molecule has 0 spiro atoms. The Kier molecular flexibility index (Phi) is 3.76. The summed E-state index contributed by atoms with van der Waals surface area (Å²) in [6.45, 7) is 0.358. The highest BCUT2D eigenvalue weighted by Crippen LogP contribution is 2.25. The van der Waals surface area contributed by atoms with Gasteiger partial charge in [-0.1, -0.05) is 18.2 Å². The van der Waals surface area contributed by atoms with Gasteiger partial charge in [0, 0.05) is 24.7 Å². The van der Waals surface area contributed by atoms with Gasteiger partial charge in [0.25, 0.3) is 11.6 Å². The van der Waals surface area contributed by atoms with E-state index in [4.69, 9.17) is 0 Å². The SMILES string of the molecule is CN(Cc1ccccn1)C(=O)c1cc2cccc([N+](=O)[O-])c2[nH]1. The van der Waals surface area contributed by atoms with Gasteiger partial charge in [0.15, 0.2) is 0 Å². The van der Waals surface area contributed by atoms with E-state index >= 15 is 0 Å². The maximum atomic E-state index is 12.5. The zero-order valence-electron chi connectivity index (χ0n) is 12.4. The van der Waals surface area contributed by atoms with E-state index in [2.05, 4.69) is 9.97 Å². The topological polar surface area (TPSA) is 92.1 Å². The van der Waals surface area contributed by atoms with Crippen molar-refractivity contribution in [3.8, 4) is 0 Å². The van der Waals surface area contributed by atoms with Crippen molar-refractivity contribution < 1.29 is 9.72 Å². The Hall–Kier alpha value is -3.22. The number of aromatic nitrogens is 2. The normalized spacial score (nSPS) is 10.7. The Morgan fingerprint density at radius 3 is 2.83 bits per heavy atom. The van der Waals surface area contributed by atoms with Crippen LogP contribution in [0.25, 0.3) is 10.9 Å². The molecular formula is C16H14N4O3. The highest BCUT2D eigenvalue weighted by Gasteiger charge is 2.19. The van der Waals surface area contributed by atoms with Gasteiger partial charge in [0.1, 0.15) is 11.2 Å². The van der Waals surface area contributed by atoms with Crippen LogP contribution in [-0.4, -0.2) is 32.7 Å². The Morgan fingerprint density at radius 1 is 1.30 bits per heavy atom. The highest BCUT2D eigenvalue weighted by molar-refractivity contribution is 6.00. The molecule has 1 aromatic carbocycles.